The van der Waals surface area contributed by atoms with E-state index in [0.717, 1.165) is 23.8 Å². The zero-order chi connectivity index (χ0) is 19.9. The lowest BCUT2D eigenvalue weighted by atomic mass is 9.48. The van der Waals surface area contributed by atoms with Gasteiger partial charge in [0.25, 0.3) is 0 Å². The van der Waals surface area contributed by atoms with Gasteiger partial charge in [-0.05, 0) is 61.8 Å². The molecule has 0 heterocycles. The molecule has 2 atom stereocenters. The number of methoxy groups -OCH3 is 3. The van der Waals surface area contributed by atoms with Crippen molar-refractivity contribution < 1.29 is 19.0 Å². The van der Waals surface area contributed by atoms with Crippen molar-refractivity contribution in [1.82, 2.24) is 5.32 Å². The lowest BCUT2D eigenvalue weighted by Gasteiger charge is -2.60. The zero-order valence-electron chi connectivity index (χ0n) is 17.0. The van der Waals surface area contributed by atoms with Gasteiger partial charge >= 0.3 is 0 Å². The van der Waals surface area contributed by atoms with Gasteiger partial charge in [0, 0.05) is 28.9 Å². The number of ether oxygens (including phenoxy) is 3. The van der Waals surface area contributed by atoms with Crippen LogP contribution in [-0.4, -0.2) is 31.6 Å². The lowest BCUT2D eigenvalue weighted by molar-refractivity contribution is -0.128. The average molecular weight is 452 g/mol. The van der Waals surface area contributed by atoms with Crippen LogP contribution >= 0.6 is 15.9 Å². The van der Waals surface area contributed by atoms with Gasteiger partial charge in [0.05, 0.1) is 21.3 Å². The second-order valence-corrected chi connectivity index (χ2v) is 10.8. The first-order chi connectivity index (χ1) is 13.4. The van der Waals surface area contributed by atoms with E-state index in [1.54, 1.807) is 27.4 Å². The van der Waals surface area contributed by atoms with Gasteiger partial charge < -0.3 is 19.5 Å². The number of carbonyl (C=O) groups excluding carboxylic acids is 1. The van der Waals surface area contributed by atoms with Crippen LogP contribution in [0, 0.1) is 17.3 Å². The van der Waals surface area contributed by atoms with Crippen LogP contribution in [0.4, 0.5) is 0 Å². The highest BCUT2D eigenvalue weighted by atomic mass is 79.9. The Morgan fingerprint density at radius 3 is 2.21 bits per heavy atom. The summed E-state index contributed by atoms with van der Waals surface area (Å²) in [6.45, 7) is 0.421. The summed E-state index contributed by atoms with van der Waals surface area (Å²) in [5.41, 5.74) is 1.07. The molecule has 0 spiro atoms. The highest BCUT2D eigenvalue weighted by molar-refractivity contribution is 9.10. The highest BCUT2D eigenvalue weighted by Crippen LogP contribution is 2.65. The summed E-state index contributed by atoms with van der Waals surface area (Å²) in [4.78, 5) is 12.9. The Bertz CT molecular complexity index is 751. The normalized spacial score (nSPS) is 32.9. The quantitative estimate of drug-likeness (QED) is 0.621. The van der Waals surface area contributed by atoms with Crippen LogP contribution in [0.1, 0.15) is 50.5 Å². The molecule has 2 unspecified atom stereocenters. The Hall–Kier alpha value is -1.43. The van der Waals surface area contributed by atoms with E-state index in [2.05, 4.69) is 21.2 Å². The maximum absolute atomic E-state index is 12.9. The van der Waals surface area contributed by atoms with Gasteiger partial charge in [-0.25, -0.2) is 0 Å². The van der Waals surface area contributed by atoms with Crippen molar-refractivity contribution in [2.45, 2.75) is 55.8 Å². The number of alkyl halides is 1. The van der Waals surface area contributed by atoms with Gasteiger partial charge in [0.2, 0.25) is 5.91 Å². The fourth-order valence-corrected chi connectivity index (χ4v) is 7.88. The third-order valence-corrected chi connectivity index (χ3v) is 7.84. The van der Waals surface area contributed by atoms with Crippen LogP contribution in [0.25, 0.3) is 0 Å². The minimum Gasteiger partial charge on any atom is -0.496 e. The molecule has 0 aromatic heterocycles. The minimum absolute atomic E-state index is 0.134. The molecule has 5 nitrogen and oxygen atoms in total. The van der Waals surface area contributed by atoms with Crippen LogP contribution in [0.3, 0.4) is 0 Å². The van der Waals surface area contributed by atoms with Crippen molar-refractivity contribution in [1.29, 1.82) is 0 Å². The molecule has 0 saturated heterocycles. The molecule has 1 N–H and O–H groups in total. The molecule has 4 aliphatic carbocycles. The summed E-state index contributed by atoms with van der Waals surface area (Å²) in [6.07, 6.45) is 8.13. The van der Waals surface area contributed by atoms with Gasteiger partial charge in [-0.15, -0.1) is 0 Å². The van der Waals surface area contributed by atoms with Crippen molar-refractivity contribution in [2.75, 3.05) is 21.3 Å². The number of benzene rings is 1. The number of hydrogen-bond donors (Lipinski definition) is 1. The summed E-state index contributed by atoms with van der Waals surface area (Å²) in [7, 11) is 4.83. The van der Waals surface area contributed by atoms with E-state index in [4.69, 9.17) is 14.2 Å². The Morgan fingerprint density at radius 2 is 1.64 bits per heavy atom. The number of nitrogens with one attached hydrogen (secondary N) is 1. The van der Waals surface area contributed by atoms with E-state index in [1.165, 1.54) is 32.1 Å². The Labute approximate surface area is 175 Å². The maximum atomic E-state index is 12.9. The summed E-state index contributed by atoms with van der Waals surface area (Å²) < 4.78 is 16.5. The molecule has 0 aliphatic heterocycles. The molecule has 4 fully saturated rings. The largest absolute Gasteiger partial charge is 0.496 e. The van der Waals surface area contributed by atoms with Crippen LogP contribution in [0.2, 0.25) is 0 Å². The second kappa shape index (κ2) is 7.43. The van der Waals surface area contributed by atoms with Crippen molar-refractivity contribution in [3.8, 4) is 17.2 Å². The topological polar surface area (TPSA) is 56.8 Å². The van der Waals surface area contributed by atoms with E-state index in [0.29, 0.717) is 30.2 Å². The molecule has 0 radical (unpaired) electrons. The summed E-state index contributed by atoms with van der Waals surface area (Å²) in [5.74, 6) is 3.65. The van der Waals surface area contributed by atoms with Crippen LogP contribution in [-0.2, 0) is 11.3 Å². The standard InChI is InChI=1S/C22H30BrNO4/c1-26-17-6-19(28-3)18(27-2)5-16(17)12-24-20(25)11-21-7-14-4-15(8-21)10-22(23,9-14)13-21/h5-6,14-15H,4,7-13H2,1-3H3,(H,24,25). The molecule has 154 valence electrons. The first kappa shape index (κ1) is 19.9. The van der Waals surface area contributed by atoms with E-state index in [1.807, 2.05) is 6.07 Å². The molecular formula is C22H30BrNO4. The summed E-state index contributed by atoms with van der Waals surface area (Å²) >= 11 is 4.03. The molecular weight excluding hydrogens is 422 g/mol. The number of rotatable bonds is 7. The summed E-state index contributed by atoms with van der Waals surface area (Å²) in [6, 6.07) is 3.67. The number of amides is 1. The molecule has 5 rings (SSSR count). The van der Waals surface area contributed by atoms with Crippen molar-refractivity contribution in [3.63, 3.8) is 0 Å². The molecule has 1 amide bonds. The van der Waals surface area contributed by atoms with E-state index in [9.17, 15) is 4.79 Å². The third-order valence-electron chi connectivity index (χ3n) is 6.91. The van der Waals surface area contributed by atoms with Crippen LogP contribution in [0.15, 0.2) is 12.1 Å². The highest BCUT2D eigenvalue weighted by Gasteiger charge is 2.57. The van der Waals surface area contributed by atoms with E-state index >= 15 is 0 Å². The molecule has 4 aliphatic rings. The monoisotopic (exact) mass is 451 g/mol. The zero-order valence-corrected chi connectivity index (χ0v) is 18.6. The number of halogens is 1. The SMILES string of the molecule is COc1cc(OC)c(OC)cc1CNC(=O)CC12CC3CC(CC(Br)(C3)C1)C2. The number of hydrogen-bond acceptors (Lipinski definition) is 4. The maximum Gasteiger partial charge on any atom is 0.220 e. The van der Waals surface area contributed by atoms with Crippen LogP contribution < -0.4 is 19.5 Å². The van der Waals surface area contributed by atoms with Crippen molar-refractivity contribution in [3.05, 3.63) is 17.7 Å². The molecule has 1 aromatic carbocycles. The molecule has 4 saturated carbocycles. The van der Waals surface area contributed by atoms with Gasteiger partial charge in [0.15, 0.2) is 11.5 Å². The predicted molar refractivity (Wildman–Crippen MR) is 111 cm³/mol. The van der Waals surface area contributed by atoms with Gasteiger partial charge in [-0.2, -0.15) is 0 Å². The molecule has 28 heavy (non-hydrogen) atoms. The predicted octanol–water partition coefficient (Wildman–Crippen LogP) is 4.45. The van der Waals surface area contributed by atoms with Gasteiger partial charge in [0.1, 0.15) is 5.75 Å². The summed E-state index contributed by atoms with van der Waals surface area (Å²) in [5, 5.41) is 3.12. The first-order valence-corrected chi connectivity index (χ1v) is 10.9. The fraction of sp³-hybridized carbons (Fsp3) is 0.682. The number of carbonyl (C=O) groups is 1. The smallest absolute Gasteiger partial charge is 0.220 e. The minimum atomic E-state index is 0.134. The van der Waals surface area contributed by atoms with Crippen molar-refractivity contribution in [2.24, 2.45) is 17.3 Å². The lowest BCUT2D eigenvalue weighted by Crippen LogP contribution is -2.54. The van der Waals surface area contributed by atoms with E-state index < -0.39 is 0 Å². The van der Waals surface area contributed by atoms with Crippen LogP contribution in [0.5, 0.6) is 17.2 Å². The molecule has 6 heteroatoms. The molecule has 1 aromatic rings. The van der Waals surface area contributed by atoms with Crippen molar-refractivity contribution >= 4 is 21.8 Å². The first-order valence-electron chi connectivity index (χ1n) is 10.1. The Kier molecular flexibility index (Phi) is 5.27. The molecule has 4 bridgehead atoms. The fourth-order valence-electron chi connectivity index (χ4n) is 6.37. The Balaban J connectivity index is 1.43. The van der Waals surface area contributed by atoms with E-state index in [-0.39, 0.29) is 15.6 Å². The van der Waals surface area contributed by atoms with Gasteiger partial charge in [-0.3, -0.25) is 4.79 Å². The average Bonchev–Trinajstić information content (AvgIpc) is 2.63. The Morgan fingerprint density at radius 1 is 1.04 bits per heavy atom. The third kappa shape index (κ3) is 3.72. The van der Waals surface area contributed by atoms with Gasteiger partial charge in [-0.1, -0.05) is 15.9 Å². The second-order valence-electron chi connectivity index (χ2n) is 9.08.